The van der Waals surface area contributed by atoms with Crippen LogP contribution in [0.25, 0.3) is 0 Å². The maximum absolute atomic E-state index is 13.4. The number of benzene rings is 2. The van der Waals surface area contributed by atoms with Crippen LogP contribution in [0.4, 0.5) is 50.0 Å². The summed E-state index contributed by atoms with van der Waals surface area (Å²) < 4.78 is 120. The number of hydrogen-bond donors (Lipinski definition) is 1. The second kappa shape index (κ2) is 9.78. The summed E-state index contributed by atoms with van der Waals surface area (Å²) in [4.78, 5) is 25.9. The molecule has 0 saturated heterocycles. The second-order valence-corrected chi connectivity index (χ2v) is 8.42. The third-order valence-electron chi connectivity index (χ3n) is 5.88. The number of carbonyl (C=O) groups excluding carboxylic acids is 1. The Morgan fingerprint density at radius 2 is 1.43 bits per heavy atom. The predicted octanol–water partition coefficient (Wildman–Crippen LogP) is 7.11. The molecule has 2 aromatic carbocycles. The van der Waals surface area contributed by atoms with Crippen molar-refractivity contribution in [3.63, 3.8) is 0 Å². The van der Waals surface area contributed by atoms with Crippen LogP contribution in [0.15, 0.2) is 36.4 Å². The number of fused-ring (bicyclic) bond motifs is 1. The van der Waals surface area contributed by atoms with Crippen molar-refractivity contribution >= 4 is 17.7 Å². The Bertz CT molecular complexity index is 1160. The van der Waals surface area contributed by atoms with E-state index in [-0.39, 0.29) is 36.7 Å². The number of nitrogens with zero attached hydrogens (tertiary/aromatic N) is 2. The van der Waals surface area contributed by atoms with E-state index in [1.807, 2.05) is 0 Å². The van der Waals surface area contributed by atoms with E-state index in [0.717, 1.165) is 22.8 Å². The summed E-state index contributed by atoms with van der Waals surface area (Å²) in [6, 6.07) is 1.72. The fraction of sp³-hybridized carbons (Fsp3) is 0.391. The van der Waals surface area contributed by atoms with Gasteiger partial charge in [-0.15, -0.1) is 0 Å². The number of rotatable bonds is 3. The van der Waals surface area contributed by atoms with E-state index < -0.39 is 65.4 Å². The summed E-state index contributed by atoms with van der Waals surface area (Å²) >= 11 is 0. The van der Waals surface area contributed by atoms with E-state index in [2.05, 4.69) is 0 Å². The Hall–Kier alpha value is -3.45. The number of hydrogen-bond acceptors (Lipinski definition) is 2. The van der Waals surface area contributed by atoms with Crippen LogP contribution >= 0.6 is 0 Å². The molecular formula is C23H19F9N2O3. The maximum atomic E-state index is 13.4. The molecule has 3 rings (SSSR count). The summed E-state index contributed by atoms with van der Waals surface area (Å²) in [7, 11) is 0. The minimum atomic E-state index is -5.14. The summed E-state index contributed by atoms with van der Waals surface area (Å²) in [6.07, 6.45) is -16.7. The minimum Gasteiger partial charge on any atom is -0.465 e. The fourth-order valence-electron chi connectivity index (χ4n) is 4.23. The van der Waals surface area contributed by atoms with Crippen LogP contribution in [0, 0.1) is 0 Å². The third kappa shape index (κ3) is 6.28. The lowest BCUT2D eigenvalue weighted by Gasteiger charge is -2.32. The average molecular weight is 542 g/mol. The first-order valence-electron chi connectivity index (χ1n) is 10.7. The second-order valence-electron chi connectivity index (χ2n) is 8.42. The van der Waals surface area contributed by atoms with Crippen molar-refractivity contribution in [2.24, 2.45) is 0 Å². The maximum Gasteiger partial charge on any atom is 0.416 e. The van der Waals surface area contributed by atoms with Crippen LogP contribution in [-0.2, 0) is 29.9 Å². The number of amides is 2. The molecule has 2 amide bonds. The molecule has 0 saturated carbocycles. The average Bonchev–Trinajstić information content (AvgIpc) is 2.94. The van der Waals surface area contributed by atoms with Crippen LogP contribution in [0.1, 0.15) is 53.6 Å². The van der Waals surface area contributed by atoms with E-state index in [1.165, 1.54) is 0 Å². The molecule has 1 aliphatic heterocycles. The van der Waals surface area contributed by atoms with Gasteiger partial charge in [-0.2, -0.15) is 39.5 Å². The van der Waals surface area contributed by atoms with Crippen molar-refractivity contribution in [2.45, 2.75) is 50.9 Å². The zero-order valence-electron chi connectivity index (χ0n) is 18.9. The molecule has 0 radical (unpaired) electrons. The molecular weight excluding hydrogens is 523 g/mol. The number of carboxylic acid groups (broad SMARTS) is 1. The Balaban J connectivity index is 2.16. The standard InChI is InChI=1S/C23H19F9N2O3/c1-12(35)34(11-13-7-15(22(27,28)29)9-16(8-13)23(30,31)32)18-3-2-6-33(20(36)37)19-5-4-14(10-17(18)19)21(24,25)26/h4-5,7-10,18H,2-3,6,11H2,1H3,(H,36,37). The van der Waals surface area contributed by atoms with Crippen molar-refractivity contribution in [3.8, 4) is 0 Å². The van der Waals surface area contributed by atoms with Gasteiger partial charge in [0.05, 0.1) is 28.4 Å². The summed E-state index contributed by atoms with van der Waals surface area (Å²) in [6.45, 7) is 0.0128. The Kier molecular flexibility index (Phi) is 7.44. The van der Waals surface area contributed by atoms with E-state index in [9.17, 15) is 54.2 Å². The van der Waals surface area contributed by atoms with Crippen molar-refractivity contribution < 1.29 is 54.2 Å². The van der Waals surface area contributed by atoms with Gasteiger partial charge in [0.15, 0.2) is 0 Å². The molecule has 1 N–H and O–H groups in total. The van der Waals surface area contributed by atoms with Crippen LogP contribution in [0.5, 0.6) is 0 Å². The molecule has 1 atom stereocenters. The van der Waals surface area contributed by atoms with Gasteiger partial charge in [0.25, 0.3) is 0 Å². The van der Waals surface area contributed by atoms with Crippen molar-refractivity contribution in [2.75, 3.05) is 11.4 Å². The zero-order valence-corrected chi connectivity index (χ0v) is 18.9. The van der Waals surface area contributed by atoms with Crippen LogP contribution in [0.3, 0.4) is 0 Å². The van der Waals surface area contributed by atoms with Gasteiger partial charge < -0.3 is 10.0 Å². The number of carbonyl (C=O) groups is 2. The molecule has 37 heavy (non-hydrogen) atoms. The Morgan fingerprint density at radius 1 is 0.892 bits per heavy atom. The molecule has 5 nitrogen and oxygen atoms in total. The lowest BCUT2D eigenvalue weighted by atomic mass is 9.96. The van der Waals surface area contributed by atoms with E-state index in [4.69, 9.17) is 0 Å². The molecule has 0 aromatic heterocycles. The van der Waals surface area contributed by atoms with Crippen LogP contribution in [0.2, 0.25) is 0 Å². The molecule has 2 aromatic rings. The van der Waals surface area contributed by atoms with Gasteiger partial charge in [0.2, 0.25) is 5.91 Å². The van der Waals surface area contributed by atoms with E-state index >= 15 is 0 Å². The zero-order chi connectivity index (χ0) is 27.9. The highest BCUT2D eigenvalue weighted by molar-refractivity contribution is 5.88. The Labute approximate surface area is 204 Å². The predicted molar refractivity (Wildman–Crippen MR) is 111 cm³/mol. The first-order chi connectivity index (χ1) is 16.9. The monoisotopic (exact) mass is 542 g/mol. The fourth-order valence-corrected chi connectivity index (χ4v) is 4.23. The molecule has 1 unspecified atom stereocenters. The summed E-state index contributed by atoms with van der Waals surface area (Å²) in [5.74, 6) is -0.844. The topological polar surface area (TPSA) is 60.9 Å². The molecule has 0 bridgehead atoms. The highest BCUT2D eigenvalue weighted by Crippen LogP contribution is 2.42. The SMILES string of the molecule is CC(=O)N(Cc1cc(C(F)(F)F)cc(C(F)(F)F)c1)C1CCCN(C(=O)O)c2ccc(C(F)(F)F)cc21. The largest absolute Gasteiger partial charge is 0.465 e. The summed E-state index contributed by atoms with van der Waals surface area (Å²) in [5.41, 5.74) is -5.35. The highest BCUT2D eigenvalue weighted by atomic mass is 19.4. The highest BCUT2D eigenvalue weighted by Gasteiger charge is 2.39. The van der Waals surface area contributed by atoms with E-state index in [1.54, 1.807) is 0 Å². The quantitative estimate of drug-likeness (QED) is 0.421. The normalized spacial score (nSPS) is 16.7. The van der Waals surface area contributed by atoms with Crippen LogP contribution in [-0.4, -0.2) is 28.6 Å². The minimum absolute atomic E-state index is 0.0488. The molecule has 0 aliphatic carbocycles. The summed E-state index contributed by atoms with van der Waals surface area (Å²) in [5, 5.41) is 9.53. The lowest BCUT2D eigenvalue weighted by Crippen LogP contribution is -2.33. The third-order valence-corrected chi connectivity index (χ3v) is 5.88. The molecule has 0 spiro atoms. The molecule has 1 heterocycles. The number of alkyl halides is 9. The van der Waals surface area contributed by atoms with Gasteiger partial charge in [-0.1, -0.05) is 0 Å². The van der Waals surface area contributed by atoms with Gasteiger partial charge >= 0.3 is 24.6 Å². The molecule has 0 fully saturated rings. The van der Waals surface area contributed by atoms with Gasteiger partial charge in [-0.05, 0) is 60.4 Å². The smallest absolute Gasteiger partial charge is 0.416 e. The van der Waals surface area contributed by atoms with Crippen molar-refractivity contribution in [1.82, 2.24) is 4.90 Å². The first-order valence-corrected chi connectivity index (χ1v) is 10.7. The van der Waals surface area contributed by atoms with Gasteiger partial charge in [-0.25, -0.2) is 4.79 Å². The van der Waals surface area contributed by atoms with Crippen LogP contribution < -0.4 is 4.90 Å². The Morgan fingerprint density at radius 3 is 1.89 bits per heavy atom. The van der Waals surface area contributed by atoms with Gasteiger partial charge in [-0.3, -0.25) is 9.69 Å². The molecule has 202 valence electrons. The van der Waals surface area contributed by atoms with Gasteiger partial charge in [0, 0.05) is 20.0 Å². The lowest BCUT2D eigenvalue weighted by molar-refractivity contribution is -0.143. The van der Waals surface area contributed by atoms with Crippen molar-refractivity contribution in [1.29, 1.82) is 0 Å². The molecule has 1 aliphatic rings. The molecule has 14 heteroatoms. The van der Waals surface area contributed by atoms with Crippen molar-refractivity contribution in [3.05, 3.63) is 64.2 Å². The van der Waals surface area contributed by atoms with Gasteiger partial charge in [0.1, 0.15) is 0 Å². The number of anilines is 1. The number of halogens is 9. The van der Waals surface area contributed by atoms with E-state index in [0.29, 0.717) is 24.3 Å². The first kappa shape index (κ1) is 28.1.